The van der Waals surface area contributed by atoms with Gasteiger partial charge in [-0.05, 0) is 36.7 Å². The Morgan fingerprint density at radius 2 is 1.71 bits per heavy atom. The van der Waals surface area contributed by atoms with Crippen molar-refractivity contribution in [1.82, 2.24) is 0 Å². The van der Waals surface area contributed by atoms with Crippen LogP contribution in [0.1, 0.15) is 66.2 Å². The van der Waals surface area contributed by atoms with Gasteiger partial charge in [0.1, 0.15) is 0 Å². The SMILES string of the molecule is C=C1C(=O)N(c2ccccc2)[C@H]1[C@@H](CCCCCCC)O[Si](C)(C)C(C)(C)C. The van der Waals surface area contributed by atoms with Gasteiger partial charge < -0.3 is 4.43 Å². The summed E-state index contributed by atoms with van der Waals surface area (Å²) in [7, 11) is -1.95. The molecule has 0 aromatic heterocycles. The second kappa shape index (κ2) is 9.40. The average Bonchev–Trinajstić information content (AvgIpc) is 2.64. The fourth-order valence-electron chi connectivity index (χ4n) is 3.54. The summed E-state index contributed by atoms with van der Waals surface area (Å²) in [5.41, 5.74) is 1.64. The monoisotopic (exact) mass is 401 g/mol. The number of para-hydroxylation sites is 1. The van der Waals surface area contributed by atoms with Crippen molar-refractivity contribution in [1.29, 1.82) is 0 Å². The first-order valence-electron chi connectivity index (χ1n) is 10.9. The maximum atomic E-state index is 12.6. The van der Waals surface area contributed by atoms with Crippen molar-refractivity contribution in [2.24, 2.45) is 0 Å². The lowest BCUT2D eigenvalue weighted by Crippen LogP contribution is -2.63. The van der Waals surface area contributed by atoms with Crippen molar-refractivity contribution in [2.45, 2.75) is 96.5 Å². The normalized spacial score (nSPS) is 18.9. The molecule has 1 amide bonds. The first-order valence-corrected chi connectivity index (χ1v) is 13.8. The lowest BCUT2D eigenvalue weighted by Gasteiger charge is -2.49. The van der Waals surface area contributed by atoms with Crippen molar-refractivity contribution in [2.75, 3.05) is 4.90 Å². The zero-order chi connectivity index (χ0) is 20.9. The fraction of sp³-hybridized carbons (Fsp3) is 0.625. The molecule has 0 spiro atoms. The number of hydrogen-bond acceptors (Lipinski definition) is 2. The van der Waals surface area contributed by atoms with E-state index in [9.17, 15) is 4.79 Å². The number of unbranched alkanes of at least 4 members (excludes halogenated alkanes) is 4. The van der Waals surface area contributed by atoms with Crippen LogP contribution in [-0.2, 0) is 9.22 Å². The lowest BCUT2D eigenvalue weighted by molar-refractivity contribution is -0.120. The van der Waals surface area contributed by atoms with E-state index in [0.717, 1.165) is 18.5 Å². The molecule has 1 fully saturated rings. The molecular weight excluding hydrogens is 362 g/mol. The van der Waals surface area contributed by atoms with E-state index in [1.165, 1.54) is 25.7 Å². The number of anilines is 1. The summed E-state index contributed by atoms with van der Waals surface area (Å²) in [5.74, 6) is 0.0333. The van der Waals surface area contributed by atoms with E-state index in [1.54, 1.807) is 0 Å². The van der Waals surface area contributed by atoms with E-state index in [-0.39, 0.29) is 23.1 Å². The highest BCUT2D eigenvalue weighted by Crippen LogP contribution is 2.42. The summed E-state index contributed by atoms with van der Waals surface area (Å²) in [4.78, 5) is 14.5. The number of hydrogen-bond donors (Lipinski definition) is 0. The Balaban J connectivity index is 2.21. The van der Waals surface area contributed by atoms with Crippen LogP contribution in [0.5, 0.6) is 0 Å². The van der Waals surface area contributed by atoms with Crippen molar-refractivity contribution < 1.29 is 9.22 Å². The molecule has 0 N–H and O–H groups in total. The Morgan fingerprint density at radius 1 is 1.11 bits per heavy atom. The van der Waals surface area contributed by atoms with Gasteiger partial charge in [0, 0.05) is 11.3 Å². The molecule has 1 aromatic rings. The smallest absolute Gasteiger partial charge is 0.256 e. The molecule has 156 valence electrons. The Morgan fingerprint density at radius 3 is 2.29 bits per heavy atom. The van der Waals surface area contributed by atoms with Crippen molar-refractivity contribution in [3.8, 4) is 0 Å². The lowest BCUT2D eigenvalue weighted by atomic mass is 9.87. The van der Waals surface area contributed by atoms with Gasteiger partial charge in [-0.1, -0.05) is 84.6 Å². The van der Waals surface area contributed by atoms with E-state index in [2.05, 4.69) is 47.4 Å². The van der Waals surface area contributed by atoms with Crippen LogP contribution in [0.4, 0.5) is 5.69 Å². The zero-order valence-electron chi connectivity index (χ0n) is 18.8. The molecule has 0 unspecified atom stereocenters. The Bertz CT molecular complexity index is 663. The van der Waals surface area contributed by atoms with Crippen LogP contribution in [0.15, 0.2) is 42.5 Å². The fourth-order valence-corrected chi connectivity index (χ4v) is 4.90. The molecule has 2 rings (SSSR count). The van der Waals surface area contributed by atoms with Crippen LogP contribution in [-0.4, -0.2) is 26.4 Å². The predicted molar refractivity (Wildman–Crippen MR) is 122 cm³/mol. The summed E-state index contributed by atoms with van der Waals surface area (Å²) in [6.45, 7) is 17.8. The maximum absolute atomic E-state index is 12.6. The van der Waals surface area contributed by atoms with Gasteiger partial charge in [0.25, 0.3) is 5.91 Å². The van der Waals surface area contributed by atoms with Crippen LogP contribution in [0, 0.1) is 0 Å². The average molecular weight is 402 g/mol. The number of benzene rings is 1. The number of carbonyl (C=O) groups excluding carboxylic acids is 1. The van der Waals surface area contributed by atoms with Gasteiger partial charge in [-0.25, -0.2) is 0 Å². The number of rotatable bonds is 10. The summed E-state index contributed by atoms with van der Waals surface area (Å²) >= 11 is 0. The predicted octanol–water partition coefficient (Wildman–Crippen LogP) is 6.71. The molecule has 2 atom stereocenters. The topological polar surface area (TPSA) is 29.5 Å². The Labute approximate surface area is 173 Å². The third-order valence-corrected chi connectivity index (χ3v) is 10.9. The highest BCUT2D eigenvalue weighted by molar-refractivity contribution is 6.74. The van der Waals surface area contributed by atoms with Crippen molar-refractivity contribution in [3.63, 3.8) is 0 Å². The molecule has 1 heterocycles. The van der Waals surface area contributed by atoms with E-state index >= 15 is 0 Å². The molecule has 1 saturated heterocycles. The van der Waals surface area contributed by atoms with Gasteiger partial charge >= 0.3 is 0 Å². The van der Waals surface area contributed by atoms with Gasteiger partial charge in [0.05, 0.1) is 12.1 Å². The van der Waals surface area contributed by atoms with Crippen LogP contribution in [0.2, 0.25) is 18.1 Å². The minimum Gasteiger partial charge on any atom is -0.411 e. The molecule has 1 aliphatic rings. The highest BCUT2D eigenvalue weighted by Gasteiger charge is 2.49. The summed E-state index contributed by atoms with van der Waals surface area (Å²) < 4.78 is 6.87. The molecule has 0 aliphatic carbocycles. The van der Waals surface area contributed by atoms with E-state index in [1.807, 2.05) is 35.2 Å². The van der Waals surface area contributed by atoms with Crippen LogP contribution < -0.4 is 4.90 Å². The van der Waals surface area contributed by atoms with E-state index in [4.69, 9.17) is 4.43 Å². The minimum atomic E-state index is -1.95. The first-order chi connectivity index (χ1) is 13.1. The quantitative estimate of drug-likeness (QED) is 0.189. The van der Waals surface area contributed by atoms with E-state index in [0.29, 0.717) is 5.57 Å². The summed E-state index contributed by atoms with van der Waals surface area (Å²) in [6.07, 6.45) is 7.18. The molecule has 1 aliphatic heterocycles. The first kappa shape index (κ1) is 22.9. The highest BCUT2D eigenvalue weighted by atomic mass is 28.4. The van der Waals surface area contributed by atoms with Crippen molar-refractivity contribution >= 4 is 19.9 Å². The van der Waals surface area contributed by atoms with Gasteiger partial charge in [-0.15, -0.1) is 0 Å². The largest absolute Gasteiger partial charge is 0.411 e. The molecule has 0 bridgehead atoms. The standard InChI is InChI=1S/C24H39NO2Si/c1-8-9-10-11-15-18-21(27-28(6,7)24(3,4)5)22-19(2)23(26)25(22)20-16-13-12-14-17-20/h12-14,16-17,21-22H,2,8-11,15,18H2,1,3-7H3/t21-,22-/m1/s1. The molecule has 3 nitrogen and oxygen atoms in total. The van der Waals surface area contributed by atoms with Crippen LogP contribution in [0.3, 0.4) is 0 Å². The number of carbonyl (C=O) groups is 1. The molecule has 28 heavy (non-hydrogen) atoms. The molecule has 0 radical (unpaired) electrons. The third kappa shape index (κ3) is 5.15. The number of β-lactam (4-membered cyclic amide) rings is 1. The Kier molecular flexibility index (Phi) is 7.69. The van der Waals surface area contributed by atoms with Gasteiger partial charge in [0.2, 0.25) is 0 Å². The van der Waals surface area contributed by atoms with Gasteiger partial charge in [-0.3, -0.25) is 9.69 Å². The Hall–Kier alpha value is -1.39. The van der Waals surface area contributed by atoms with E-state index < -0.39 is 8.32 Å². The van der Waals surface area contributed by atoms with Crippen LogP contribution >= 0.6 is 0 Å². The third-order valence-electron chi connectivity index (χ3n) is 6.36. The van der Waals surface area contributed by atoms with Crippen LogP contribution in [0.25, 0.3) is 0 Å². The van der Waals surface area contributed by atoms with Gasteiger partial charge in [0.15, 0.2) is 8.32 Å². The number of amides is 1. The van der Waals surface area contributed by atoms with Gasteiger partial charge in [-0.2, -0.15) is 0 Å². The molecular formula is C24H39NO2Si. The minimum absolute atomic E-state index is 0.0212. The molecule has 0 saturated carbocycles. The number of nitrogens with zero attached hydrogens (tertiary/aromatic N) is 1. The second-order valence-electron chi connectivity index (χ2n) is 9.60. The molecule has 4 heteroatoms. The zero-order valence-corrected chi connectivity index (χ0v) is 19.8. The van der Waals surface area contributed by atoms with Crippen molar-refractivity contribution in [3.05, 3.63) is 42.5 Å². The summed E-state index contributed by atoms with van der Waals surface area (Å²) in [6, 6.07) is 9.90. The maximum Gasteiger partial charge on any atom is 0.256 e. The second-order valence-corrected chi connectivity index (χ2v) is 14.4. The summed E-state index contributed by atoms with van der Waals surface area (Å²) in [5, 5.41) is 0.139. The molecule has 1 aromatic carbocycles.